The zero-order chi connectivity index (χ0) is 14.3. The number of nitrogens with one attached hydrogen (secondary N) is 1. The second kappa shape index (κ2) is 4.59. The maximum absolute atomic E-state index is 13.1. The van der Waals surface area contributed by atoms with Gasteiger partial charge in [-0.2, -0.15) is 0 Å². The highest BCUT2D eigenvalue weighted by Crippen LogP contribution is 2.55. The predicted octanol–water partition coefficient (Wildman–Crippen LogP) is 4.27. The normalized spacial score (nSPS) is 20.9. The Balaban J connectivity index is 2.19. The Morgan fingerprint density at radius 2 is 1.63 bits per heavy atom. The van der Waals surface area contributed by atoms with Crippen molar-refractivity contribution in [2.24, 2.45) is 5.41 Å². The van der Waals surface area contributed by atoms with Crippen LogP contribution in [0.15, 0.2) is 24.3 Å². The third kappa shape index (κ3) is 3.36. The van der Waals surface area contributed by atoms with Crippen molar-refractivity contribution in [1.29, 1.82) is 0 Å². The summed E-state index contributed by atoms with van der Waals surface area (Å²) >= 11 is 0. The summed E-state index contributed by atoms with van der Waals surface area (Å²) in [5.74, 6) is -0.152. The fourth-order valence-corrected chi connectivity index (χ4v) is 3.45. The molecule has 0 saturated heterocycles. The topological polar surface area (TPSA) is 12.0 Å². The Hall–Kier alpha value is -0.890. The van der Waals surface area contributed by atoms with Crippen molar-refractivity contribution < 1.29 is 4.39 Å². The van der Waals surface area contributed by atoms with Gasteiger partial charge in [0, 0.05) is 17.5 Å². The Labute approximate surface area is 116 Å². The van der Waals surface area contributed by atoms with Gasteiger partial charge in [-0.25, -0.2) is 4.39 Å². The summed E-state index contributed by atoms with van der Waals surface area (Å²) in [6.07, 6.45) is 2.32. The SMILES string of the molecule is CC1(C)CC(CNC(C)(C)C)(c2ccc(F)cc2)C1. The van der Waals surface area contributed by atoms with E-state index in [1.54, 1.807) is 12.1 Å². The molecular formula is C17H26FN. The molecule has 2 rings (SSSR count). The Morgan fingerprint density at radius 1 is 1.11 bits per heavy atom. The predicted molar refractivity (Wildman–Crippen MR) is 78.8 cm³/mol. The first-order valence-electron chi connectivity index (χ1n) is 7.13. The van der Waals surface area contributed by atoms with Gasteiger partial charge in [0.05, 0.1) is 0 Å². The minimum absolute atomic E-state index is 0.118. The van der Waals surface area contributed by atoms with E-state index in [0.29, 0.717) is 5.41 Å². The first-order valence-corrected chi connectivity index (χ1v) is 7.13. The van der Waals surface area contributed by atoms with Crippen LogP contribution in [-0.4, -0.2) is 12.1 Å². The molecule has 0 radical (unpaired) electrons. The summed E-state index contributed by atoms with van der Waals surface area (Å²) in [5.41, 5.74) is 1.95. The Morgan fingerprint density at radius 3 is 2.05 bits per heavy atom. The first-order chi connectivity index (χ1) is 8.62. The van der Waals surface area contributed by atoms with Crippen LogP contribution in [0.1, 0.15) is 53.0 Å². The van der Waals surface area contributed by atoms with Crippen molar-refractivity contribution in [3.05, 3.63) is 35.6 Å². The summed E-state index contributed by atoms with van der Waals surface area (Å²) in [6.45, 7) is 12.2. The largest absolute Gasteiger partial charge is 0.311 e. The highest BCUT2D eigenvalue weighted by Gasteiger charge is 2.50. The molecule has 1 saturated carbocycles. The van der Waals surface area contributed by atoms with Crippen LogP contribution in [0.3, 0.4) is 0 Å². The lowest BCUT2D eigenvalue weighted by Gasteiger charge is -2.54. The first kappa shape index (κ1) is 14.5. The van der Waals surface area contributed by atoms with Gasteiger partial charge in [-0.1, -0.05) is 26.0 Å². The van der Waals surface area contributed by atoms with E-state index >= 15 is 0 Å². The van der Waals surface area contributed by atoms with E-state index in [0.717, 1.165) is 19.4 Å². The van der Waals surface area contributed by atoms with Gasteiger partial charge in [-0.15, -0.1) is 0 Å². The Bertz CT molecular complexity index is 431. The van der Waals surface area contributed by atoms with E-state index in [4.69, 9.17) is 0 Å². The molecule has 0 bridgehead atoms. The quantitative estimate of drug-likeness (QED) is 0.858. The average molecular weight is 263 g/mol. The molecule has 1 fully saturated rings. The Kier molecular flexibility index (Phi) is 3.51. The van der Waals surface area contributed by atoms with Gasteiger partial charge in [0.15, 0.2) is 0 Å². The number of halogens is 1. The molecule has 0 aliphatic heterocycles. The van der Waals surface area contributed by atoms with E-state index < -0.39 is 0 Å². The van der Waals surface area contributed by atoms with Crippen LogP contribution in [0.2, 0.25) is 0 Å². The molecule has 0 spiro atoms. The minimum atomic E-state index is -0.152. The number of hydrogen-bond donors (Lipinski definition) is 1. The molecule has 19 heavy (non-hydrogen) atoms. The van der Waals surface area contributed by atoms with E-state index in [1.807, 2.05) is 12.1 Å². The summed E-state index contributed by atoms with van der Waals surface area (Å²) in [7, 11) is 0. The van der Waals surface area contributed by atoms with Crippen molar-refractivity contribution in [2.45, 2.75) is 58.4 Å². The molecule has 0 heterocycles. The molecule has 0 aromatic heterocycles. The second-order valence-electron chi connectivity index (χ2n) is 7.91. The van der Waals surface area contributed by atoms with Gasteiger partial charge >= 0.3 is 0 Å². The molecule has 1 aromatic carbocycles. The lowest BCUT2D eigenvalue weighted by atomic mass is 9.52. The molecule has 106 valence electrons. The van der Waals surface area contributed by atoms with Gasteiger partial charge in [-0.05, 0) is 56.7 Å². The van der Waals surface area contributed by atoms with E-state index in [2.05, 4.69) is 39.9 Å². The van der Waals surface area contributed by atoms with E-state index in [9.17, 15) is 4.39 Å². The van der Waals surface area contributed by atoms with Gasteiger partial charge in [-0.3, -0.25) is 0 Å². The molecule has 1 aliphatic carbocycles. The van der Waals surface area contributed by atoms with E-state index in [1.165, 1.54) is 5.56 Å². The fourth-order valence-electron chi connectivity index (χ4n) is 3.45. The van der Waals surface area contributed by atoms with Crippen LogP contribution in [0.25, 0.3) is 0 Å². The van der Waals surface area contributed by atoms with Gasteiger partial charge in [0.25, 0.3) is 0 Å². The van der Waals surface area contributed by atoms with Crippen molar-refractivity contribution in [3.63, 3.8) is 0 Å². The third-order valence-electron chi connectivity index (χ3n) is 4.05. The number of rotatable bonds is 3. The van der Waals surface area contributed by atoms with Crippen molar-refractivity contribution in [1.82, 2.24) is 5.32 Å². The zero-order valence-corrected chi connectivity index (χ0v) is 12.8. The van der Waals surface area contributed by atoms with Crippen LogP contribution in [-0.2, 0) is 5.41 Å². The number of benzene rings is 1. The van der Waals surface area contributed by atoms with Crippen LogP contribution in [0.4, 0.5) is 4.39 Å². The summed E-state index contributed by atoms with van der Waals surface area (Å²) < 4.78 is 13.1. The van der Waals surface area contributed by atoms with Crippen LogP contribution in [0.5, 0.6) is 0 Å². The maximum Gasteiger partial charge on any atom is 0.123 e. The monoisotopic (exact) mass is 263 g/mol. The van der Waals surface area contributed by atoms with Crippen LogP contribution < -0.4 is 5.32 Å². The van der Waals surface area contributed by atoms with Crippen molar-refractivity contribution in [2.75, 3.05) is 6.54 Å². The highest BCUT2D eigenvalue weighted by molar-refractivity contribution is 5.31. The molecule has 1 N–H and O–H groups in total. The molecule has 1 aliphatic rings. The molecule has 0 amide bonds. The minimum Gasteiger partial charge on any atom is -0.311 e. The smallest absolute Gasteiger partial charge is 0.123 e. The lowest BCUT2D eigenvalue weighted by Crippen LogP contribution is -2.55. The molecule has 1 aromatic rings. The summed E-state index contributed by atoms with van der Waals surface area (Å²) in [4.78, 5) is 0. The van der Waals surface area contributed by atoms with Crippen LogP contribution >= 0.6 is 0 Å². The van der Waals surface area contributed by atoms with Crippen LogP contribution in [0, 0.1) is 11.2 Å². The molecule has 0 atom stereocenters. The second-order valence-corrected chi connectivity index (χ2v) is 7.91. The molecule has 0 unspecified atom stereocenters. The standard InChI is InChI=1S/C17H26FN/c1-15(2,3)19-12-17(10-16(4,5)11-17)13-6-8-14(18)9-7-13/h6-9,19H,10-12H2,1-5H3. The van der Waals surface area contributed by atoms with Crippen molar-refractivity contribution in [3.8, 4) is 0 Å². The fraction of sp³-hybridized carbons (Fsp3) is 0.647. The molecular weight excluding hydrogens is 237 g/mol. The molecule has 1 nitrogen and oxygen atoms in total. The van der Waals surface area contributed by atoms with Gasteiger partial charge < -0.3 is 5.32 Å². The number of hydrogen-bond acceptors (Lipinski definition) is 1. The molecule has 2 heteroatoms. The van der Waals surface area contributed by atoms with Crippen molar-refractivity contribution >= 4 is 0 Å². The average Bonchev–Trinajstić information content (AvgIpc) is 2.23. The van der Waals surface area contributed by atoms with Gasteiger partial charge in [0.1, 0.15) is 5.82 Å². The zero-order valence-electron chi connectivity index (χ0n) is 12.8. The van der Waals surface area contributed by atoms with E-state index in [-0.39, 0.29) is 16.8 Å². The lowest BCUT2D eigenvalue weighted by molar-refractivity contribution is 0.0512. The maximum atomic E-state index is 13.1. The third-order valence-corrected chi connectivity index (χ3v) is 4.05. The highest BCUT2D eigenvalue weighted by atomic mass is 19.1. The summed E-state index contributed by atoms with van der Waals surface area (Å²) in [6, 6.07) is 7.07. The van der Waals surface area contributed by atoms with Gasteiger partial charge in [0.2, 0.25) is 0 Å². The summed E-state index contributed by atoms with van der Waals surface area (Å²) in [5, 5.41) is 3.62.